The van der Waals surface area contributed by atoms with Gasteiger partial charge in [0.2, 0.25) is 10.0 Å². The third kappa shape index (κ3) is 4.03. The van der Waals surface area contributed by atoms with E-state index in [1.54, 1.807) is 0 Å². The molecule has 1 aromatic rings. The fraction of sp³-hybridized carbons (Fsp3) is 0.462. The minimum absolute atomic E-state index is 0.0980. The molecule has 1 amide bonds. The van der Waals surface area contributed by atoms with Gasteiger partial charge in [0, 0.05) is 17.6 Å². The third-order valence-corrected chi connectivity index (χ3v) is 5.04. The summed E-state index contributed by atoms with van der Waals surface area (Å²) < 4.78 is 28.8. The molecule has 8 heteroatoms. The van der Waals surface area contributed by atoms with E-state index in [1.807, 2.05) is 6.92 Å². The van der Waals surface area contributed by atoms with E-state index in [9.17, 15) is 13.2 Å². The highest BCUT2D eigenvalue weighted by atomic mass is 79.9. The van der Waals surface area contributed by atoms with Crippen LogP contribution in [0.3, 0.4) is 0 Å². The molecule has 1 aliphatic heterocycles. The molecule has 116 valence electrons. The van der Waals surface area contributed by atoms with Crippen molar-refractivity contribution in [3.05, 3.63) is 28.2 Å². The number of carbonyl (C=O) groups excluding carboxylic acids is 1. The van der Waals surface area contributed by atoms with Crippen molar-refractivity contribution >= 4 is 31.9 Å². The lowest BCUT2D eigenvalue weighted by molar-refractivity contribution is 0.0206. The normalized spacial score (nSPS) is 22.2. The van der Waals surface area contributed by atoms with E-state index in [2.05, 4.69) is 21.2 Å². The van der Waals surface area contributed by atoms with Crippen LogP contribution in [0.5, 0.6) is 0 Å². The lowest BCUT2D eigenvalue weighted by Gasteiger charge is -2.23. The maximum absolute atomic E-state index is 12.2. The topological polar surface area (TPSA) is 98.5 Å². The summed E-state index contributed by atoms with van der Waals surface area (Å²) in [5.74, 6) is -0.371. The van der Waals surface area contributed by atoms with E-state index >= 15 is 0 Å². The predicted molar refractivity (Wildman–Crippen MR) is 81.4 cm³/mol. The first-order valence-corrected chi connectivity index (χ1v) is 8.80. The maximum atomic E-state index is 12.2. The van der Waals surface area contributed by atoms with Crippen molar-refractivity contribution in [2.75, 3.05) is 13.2 Å². The van der Waals surface area contributed by atoms with E-state index in [0.29, 0.717) is 17.6 Å². The summed E-state index contributed by atoms with van der Waals surface area (Å²) in [6, 6.07) is 4.09. The van der Waals surface area contributed by atoms with Crippen LogP contribution in [0.1, 0.15) is 30.1 Å². The van der Waals surface area contributed by atoms with Crippen molar-refractivity contribution in [1.29, 1.82) is 0 Å². The van der Waals surface area contributed by atoms with Gasteiger partial charge in [-0.15, -0.1) is 0 Å². The van der Waals surface area contributed by atoms with Crippen LogP contribution >= 0.6 is 15.9 Å². The largest absolute Gasteiger partial charge is 0.373 e. The molecule has 1 heterocycles. The average Bonchev–Trinajstić information content (AvgIpc) is 2.83. The molecule has 1 saturated heterocycles. The number of nitrogens with two attached hydrogens (primary N) is 1. The van der Waals surface area contributed by atoms with Crippen LogP contribution in [0, 0.1) is 0 Å². The second kappa shape index (κ2) is 6.04. The van der Waals surface area contributed by atoms with Crippen molar-refractivity contribution < 1.29 is 17.9 Å². The third-order valence-electron chi connectivity index (χ3n) is 3.43. The van der Waals surface area contributed by atoms with Crippen molar-refractivity contribution in [2.24, 2.45) is 5.14 Å². The quantitative estimate of drug-likeness (QED) is 0.829. The first-order chi connectivity index (χ1) is 9.71. The maximum Gasteiger partial charge on any atom is 0.252 e. The van der Waals surface area contributed by atoms with Gasteiger partial charge in [0.05, 0.1) is 16.1 Å². The Morgan fingerprint density at radius 3 is 2.81 bits per heavy atom. The lowest BCUT2D eigenvalue weighted by Crippen LogP contribution is -2.40. The Balaban J connectivity index is 2.15. The van der Waals surface area contributed by atoms with Crippen molar-refractivity contribution in [1.82, 2.24) is 5.32 Å². The van der Waals surface area contributed by atoms with Gasteiger partial charge in [0.15, 0.2) is 0 Å². The Morgan fingerprint density at radius 1 is 1.52 bits per heavy atom. The molecule has 21 heavy (non-hydrogen) atoms. The number of halogens is 1. The molecule has 2 rings (SSSR count). The van der Waals surface area contributed by atoms with E-state index in [1.165, 1.54) is 18.2 Å². The fourth-order valence-electron chi connectivity index (χ4n) is 2.19. The molecule has 0 radical (unpaired) electrons. The number of benzene rings is 1. The minimum atomic E-state index is -3.84. The summed E-state index contributed by atoms with van der Waals surface area (Å²) in [6.07, 6.45) is 1.85. The Morgan fingerprint density at radius 2 is 2.24 bits per heavy atom. The van der Waals surface area contributed by atoms with Crippen molar-refractivity contribution in [3.8, 4) is 0 Å². The highest BCUT2D eigenvalue weighted by Gasteiger charge is 2.30. The molecule has 0 spiro atoms. The number of hydrogen-bond donors (Lipinski definition) is 2. The van der Waals surface area contributed by atoms with Gasteiger partial charge in [-0.1, -0.05) is 0 Å². The molecule has 1 fully saturated rings. The zero-order valence-corrected chi connectivity index (χ0v) is 14.0. The minimum Gasteiger partial charge on any atom is -0.373 e. The lowest BCUT2D eigenvalue weighted by atomic mass is 10.0. The number of sulfonamides is 1. The smallest absolute Gasteiger partial charge is 0.252 e. The average molecular weight is 377 g/mol. The summed E-state index contributed by atoms with van der Waals surface area (Å²) in [7, 11) is -3.84. The van der Waals surface area contributed by atoms with Gasteiger partial charge in [0.25, 0.3) is 5.91 Å². The molecule has 0 saturated carbocycles. The second-order valence-electron chi connectivity index (χ2n) is 5.27. The number of ether oxygens (including phenoxy) is 1. The number of amides is 1. The monoisotopic (exact) mass is 376 g/mol. The van der Waals surface area contributed by atoms with Gasteiger partial charge in [-0.3, -0.25) is 4.79 Å². The number of nitrogens with one attached hydrogen (secondary N) is 1. The van der Waals surface area contributed by atoms with E-state index in [4.69, 9.17) is 9.88 Å². The van der Waals surface area contributed by atoms with E-state index in [-0.39, 0.29) is 22.0 Å². The van der Waals surface area contributed by atoms with Crippen LogP contribution in [0.15, 0.2) is 27.6 Å². The van der Waals surface area contributed by atoms with Crippen LogP contribution < -0.4 is 10.5 Å². The van der Waals surface area contributed by atoms with Gasteiger partial charge < -0.3 is 10.1 Å². The van der Waals surface area contributed by atoms with Gasteiger partial charge >= 0.3 is 0 Å². The molecule has 0 bridgehead atoms. The number of rotatable bonds is 4. The van der Waals surface area contributed by atoms with Crippen molar-refractivity contribution in [2.45, 2.75) is 30.3 Å². The number of hydrogen-bond acceptors (Lipinski definition) is 4. The number of carbonyl (C=O) groups is 1. The standard InChI is InChI=1S/C13H17BrN2O4S/c1-13(5-2-6-20-13)8-16-12(17)10-7-9(21(15,18)19)3-4-11(10)14/h3-4,7H,2,5-6,8H2,1H3,(H,16,17)(H2,15,18,19). The molecule has 1 atom stereocenters. The van der Waals surface area contributed by atoms with Gasteiger partial charge in [-0.05, 0) is 53.9 Å². The highest BCUT2D eigenvalue weighted by Crippen LogP contribution is 2.25. The zero-order valence-electron chi connectivity index (χ0n) is 11.6. The van der Waals surface area contributed by atoms with Crippen LogP contribution in [0.4, 0.5) is 0 Å². The van der Waals surface area contributed by atoms with Crippen LogP contribution in [0.2, 0.25) is 0 Å². The summed E-state index contributed by atoms with van der Waals surface area (Å²) in [4.78, 5) is 12.1. The van der Waals surface area contributed by atoms with E-state index < -0.39 is 10.0 Å². The highest BCUT2D eigenvalue weighted by molar-refractivity contribution is 9.10. The van der Waals surface area contributed by atoms with Crippen LogP contribution in [0.25, 0.3) is 0 Å². The van der Waals surface area contributed by atoms with Gasteiger partial charge in [-0.25, -0.2) is 13.6 Å². The van der Waals surface area contributed by atoms with Gasteiger partial charge in [0.1, 0.15) is 0 Å². The molecule has 1 aliphatic rings. The van der Waals surface area contributed by atoms with Crippen LogP contribution in [-0.4, -0.2) is 33.1 Å². The van der Waals surface area contributed by atoms with Crippen LogP contribution in [-0.2, 0) is 14.8 Å². The molecule has 0 aliphatic carbocycles. The first-order valence-electron chi connectivity index (χ1n) is 6.46. The number of primary sulfonamides is 1. The molecule has 6 nitrogen and oxygen atoms in total. The molecular formula is C13H17BrN2O4S. The second-order valence-corrected chi connectivity index (χ2v) is 7.69. The molecule has 1 unspecified atom stereocenters. The molecule has 0 aromatic heterocycles. The molecule has 3 N–H and O–H groups in total. The fourth-order valence-corrected chi connectivity index (χ4v) is 3.16. The zero-order chi connectivity index (χ0) is 15.7. The first kappa shape index (κ1) is 16.4. The Labute approximate surface area is 132 Å². The Kier molecular flexibility index (Phi) is 4.72. The van der Waals surface area contributed by atoms with Crippen molar-refractivity contribution in [3.63, 3.8) is 0 Å². The Hall–Kier alpha value is -0.960. The summed E-state index contributed by atoms with van der Waals surface area (Å²) in [5.41, 5.74) is -0.136. The summed E-state index contributed by atoms with van der Waals surface area (Å²) in [5, 5.41) is 7.85. The summed E-state index contributed by atoms with van der Waals surface area (Å²) >= 11 is 3.24. The predicted octanol–water partition coefficient (Wildman–Crippen LogP) is 1.40. The molecular weight excluding hydrogens is 360 g/mol. The Bertz CT molecular complexity index is 654. The SMILES string of the molecule is CC1(CNC(=O)c2cc(S(N)(=O)=O)ccc2Br)CCCO1. The van der Waals surface area contributed by atoms with Gasteiger partial charge in [-0.2, -0.15) is 0 Å². The van der Waals surface area contributed by atoms with E-state index in [0.717, 1.165) is 12.8 Å². The molecule has 1 aromatic carbocycles. The summed E-state index contributed by atoms with van der Waals surface area (Å²) in [6.45, 7) is 3.00.